The number of Topliss-reactive ketones (excluding diaryl/α,β-unsaturated/α-hetero) is 1. The fourth-order valence-corrected chi connectivity index (χ4v) is 2.88. The molecule has 2 nitrogen and oxygen atoms in total. The predicted octanol–water partition coefficient (Wildman–Crippen LogP) is 3.34. The van der Waals surface area contributed by atoms with Crippen LogP contribution in [-0.4, -0.2) is 18.0 Å². The maximum Gasteiger partial charge on any atom is 0.136 e. The van der Waals surface area contributed by atoms with E-state index in [-0.39, 0.29) is 5.60 Å². The van der Waals surface area contributed by atoms with Gasteiger partial charge in [-0.15, -0.1) is 0 Å². The van der Waals surface area contributed by atoms with E-state index in [9.17, 15) is 4.79 Å². The van der Waals surface area contributed by atoms with Gasteiger partial charge in [0.1, 0.15) is 5.78 Å². The second-order valence-electron chi connectivity index (χ2n) is 5.76. The highest BCUT2D eigenvalue weighted by molar-refractivity contribution is 5.81. The quantitative estimate of drug-likeness (QED) is 0.732. The highest BCUT2D eigenvalue weighted by Crippen LogP contribution is 2.44. The minimum absolute atomic E-state index is 0.119. The first kappa shape index (κ1) is 12.1. The van der Waals surface area contributed by atoms with Crippen LogP contribution < -0.4 is 0 Å². The Kier molecular flexibility index (Phi) is 3.68. The van der Waals surface area contributed by atoms with Gasteiger partial charge in [-0.3, -0.25) is 4.79 Å². The van der Waals surface area contributed by atoms with E-state index in [1.54, 1.807) is 0 Å². The van der Waals surface area contributed by atoms with E-state index in [1.807, 2.05) is 0 Å². The minimum Gasteiger partial charge on any atom is -0.375 e. The summed E-state index contributed by atoms with van der Waals surface area (Å²) in [6.07, 6.45) is 7.49. The summed E-state index contributed by atoms with van der Waals surface area (Å²) in [5.41, 5.74) is 0.119. The molecule has 2 rings (SSSR count). The molecule has 1 aliphatic heterocycles. The minimum atomic E-state index is 0.119. The molecule has 0 aromatic heterocycles. The third kappa shape index (κ3) is 2.48. The zero-order valence-electron chi connectivity index (χ0n) is 10.6. The number of ketones is 1. The fraction of sp³-hybridized carbons (Fsp3) is 0.929. The Morgan fingerprint density at radius 2 is 2.25 bits per heavy atom. The molecule has 0 aromatic rings. The summed E-state index contributed by atoms with van der Waals surface area (Å²) in [6.45, 7) is 5.14. The van der Waals surface area contributed by atoms with Crippen LogP contribution in [0.25, 0.3) is 0 Å². The molecule has 1 aliphatic carbocycles. The third-order valence-electron chi connectivity index (χ3n) is 4.46. The average Bonchev–Trinajstić information content (AvgIpc) is 2.27. The lowest BCUT2D eigenvalue weighted by atomic mass is 9.70. The van der Waals surface area contributed by atoms with Crippen molar-refractivity contribution in [2.75, 3.05) is 6.61 Å². The van der Waals surface area contributed by atoms with E-state index < -0.39 is 0 Å². The van der Waals surface area contributed by atoms with Gasteiger partial charge in [0.05, 0.1) is 5.60 Å². The summed E-state index contributed by atoms with van der Waals surface area (Å²) >= 11 is 0. The largest absolute Gasteiger partial charge is 0.375 e. The van der Waals surface area contributed by atoms with Gasteiger partial charge in [-0.2, -0.15) is 0 Å². The molecule has 2 heteroatoms. The van der Waals surface area contributed by atoms with Crippen molar-refractivity contribution in [3.8, 4) is 0 Å². The molecule has 0 aromatic carbocycles. The standard InChI is InChI=1S/C14H24O2/c1-3-11(2)9-13(15)12-5-8-16-14(10-12)6-4-7-14/h11-12H,3-10H2,1-2H3. The van der Waals surface area contributed by atoms with Gasteiger partial charge in [-0.25, -0.2) is 0 Å². The van der Waals surface area contributed by atoms with Gasteiger partial charge >= 0.3 is 0 Å². The maximum absolute atomic E-state index is 12.1. The zero-order valence-corrected chi connectivity index (χ0v) is 10.6. The SMILES string of the molecule is CCC(C)CC(=O)C1CCOC2(CCC2)C1. The van der Waals surface area contributed by atoms with E-state index >= 15 is 0 Å². The summed E-state index contributed by atoms with van der Waals surface area (Å²) in [6, 6.07) is 0. The van der Waals surface area contributed by atoms with Crippen LogP contribution in [0.3, 0.4) is 0 Å². The first-order chi connectivity index (χ1) is 7.65. The van der Waals surface area contributed by atoms with Crippen molar-refractivity contribution >= 4 is 5.78 Å². The first-order valence-corrected chi connectivity index (χ1v) is 6.82. The summed E-state index contributed by atoms with van der Waals surface area (Å²) in [7, 11) is 0. The molecule has 2 aliphatic rings. The second-order valence-corrected chi connectivity index (χ2v) is 5.76. The zero-order chi connectivity index (χ0) is 11.6. The molecule has 16 heavy (non-hydrogen) atoms. The molecule has 0 radical (unpaired) electrons. The molecule has 0 N–H and O–H groups in total. The van der Waals surface area contributed by atoms with Crippen molar-refractivity contribution in [3.63, 3.8) is 0 Å². The highest BCUT2D eigenvalue weighted by Gasteiger charge is 2.44. The number of hydrogen-bond acceptors (Lipinski definition) is 2. The second kappa shape index (κ2) is 4.87. The summed E-state index contributed by atoms with van der Waals surface area (Å²) in [5, 5.41) is 0. The lowest BCUT2D eigenvalue weighted by molar-refractivity contribution is -0.156. The molecule has 2 atom stereocenters. The normalized spacial score (nSPS) is 29.8. The van der Waals surface area contributed by atoms with Crippen LogP contribution >= 0.6 is 0 Å². The summed E-state index contributed by atoms with van der Waals surface area (Å²) < 4.78 is 5.86. The van der Waals surface area contributed by atoms with Crippen molar-refractivity contribution in [2.24, 2.45) is 11.8 Å². The van der Waals surface area contributed by atoms with Crippen LogP contribution in [0.15, 0.2) is 0 Å². The molecule has 1 saturated heterocycles. The van der Waals surface area contributed by atoms with Crippen LogP contribution in [0.1, 0.15) is 58.8 Å². The third-order valence-corrected chi connectivity index (χ3v) is 4.46. The molecular weight excluding hydrogens is 200 g/mol. The van der Waals surface area contributed by atoms with Crippen molar-refractivity contribution in [1.29, 1.82) is 0 Å². The summed E-state index contributed by atoms with van der Waals surface area (Å²) in [4.78, 5) is 12.1. The monoisotopic (exact) mass is 224 g/mol. The maximum atomic E-state index is 12.1. The van der Waals surface area contributed by atoms with Crippen LogP contribution in [0.5, 0.6) is 0 Å². The smallest absolute Gasteiger partial charge is 0.136 e. The molecule has 0 bridgehead atoms. The van der Waals surface area contributed by atoms with Crippen molar-refractivity contribution < 1.29 is 9.53 Å². The van der Waals surface area contributed by atoms with Gasteiger partial charge in [0, 0.05) is 18.9 Å². The van der Waals surface area contributed by atoms with Crippen LogP contribution in [0, 0.1) is 11.8 Å². The van der Waals surface area contributed by atoms with Crippen molar-refractivity contribution in [3.05, 3.63) is 0 Å². The van der Waals surface area contributed by atoms with E-state index in [4.69, 9.17) is 4.74 Å². The van der Waals surface area contributed by atoms with E-state index in [0.29, 0.717) is 17.6 Å². The Hall–Kier alpha value is -0.370. The van der Waals surface area contributed by atoms with E-state index in [0.717, 1.165) is 32.3 Å². The molecule has 2 fully saturated rings. The van der Waals surface area contributed by atoms with Crippen LogP contribution in [0.4, 0.5) is 0 Å². The van der Waals surface area contributed by atoms with Crippen LogP contribution in [-0.2, 0) is 9.53 Å². The lowest BCUT2D eigenvalue weighted by Gasteiger charge is -2.47. The van der Waals surface area contributed by atoms with E-state index in [1.165, 1.54) is 19.3 Å². The number of rotatable bonds is 4. The predicted molar refractivity (Wildman–Crippen MR) is 64.3 cm³/mol. The van der Waals surface area contributed by atoms with Gasteiger partial charge in [0.15, 0.2) is 0 Å². The molecule has 2 unspecified atom stereocenters. The van der Waals surface area contributed by atoms with E-state index in [2.05, 4.69) is 13.8 Å². The van der Waals surface area contributed by atoms with Crippen molar-refractivity contribution in [2.45, 2.75) is 64.4 Å². The molecule has 1 heterocycles. The Balaban J connectivity index is 1.86. The first-order valence-electron chi connectivity index (χ1n) is 6.82. The Labute approximate surface area is 98.7 Å². The Morgan fingerprint density at radius 1 is 1.50 bits per heavy atom. The molecule has 1 spiro atoms. The van der Waals surface area contributed by atoms with Gasteiger partial charge in [0.25, 0.3) is 0 Å². The van der Waals surface area contributed by atoms with Crippen molar-refractivity contribution in [1.82, 2.24) is 0 Å². The molecule has 92 valence electrons. The van der Waals surface area contributed by atoms with Gasteiger partial charge < -0.3 is 4.74 Å². The highest BCUT2D eigenvalue weighted by atomic mass is 16.5. The molecule has 0 amide bonds. The summed E-state index contributed by atoms with van der Waals surface area (Å²) in [5.74, 6) is 1.33. The number of carbonyl (C=O) groups excluding carboxylic acids is 1. The number of hydrogen-bond donors (Lipinski definition) is 0. The Morgan fingerprint density at radius 3 is 2.81 bits per heavy atom. The lowest BCUT2D eigenvalue weighted by Crippen LogP contribution is -2.47. The van der Waals surface area contributed by atoms with Gasteiger partial charge in [-0.05, 0) is 38.0 Å². The van der Waals surface area contributed by atoms with Gasteiger partial charge in [-0.1, -0.05) is 20.3 Å². The number of ether oxygens (including phenoxy) is 1. The van der Waals surface area contributed by atoms with Gasteiger partial charge in [0.2, 0.25) is 0 Å². The topological polar surface area (TPSA) is 26.3 Å². The molecular formula is C14H24O2. The molecule has 1 saturated carbocycles. The number of carbonyl (C=O) groups is 1. The fourth-order valence-electron chi connectivity index (χ4n) is 2.88. The average molecular weight is 224 g/mol. The Bertz CT molecular complexity index is 255. The van der Waals surface area contributed by atoms with Crippen LogP contribution in [0.2, 0.25) is 0 Å².